The van der Waals surface area contributed by atoms with E-state index in [4.69, 9.17) is 19.8 Å². The Morgan fingerprint density at radius 1 is 1.13 bits per heavy atom. The fourth-order valence-electron chi connectivity index (χ4n) is 7.67. The first-order chi connectivity index (χ1) is 18.8. The second kappa shape index (κ2) is 8.15. The highest BCUT2D eigenvalue weighted by Gasteiger charge is 2.67. The highest BCUT2D eigenvalue weighted by atomic mass is 16.6. The molecule has 4 heteroatoms. The number of allylic oxidation sites excluding steroid dienone is 1. The number of carbonyl (C=O) groups excluding carboxylic acids is 3. The number of hydrogen-bond acceptors (Lipinski definition) is 4. The fraction of sp³-hybridized carbons (Fsp3) is 0.815. The third-order valence-electron chi connectivity index (χ3n) is 9.21. The number of hydrogen-bond donors (Lipinski definition) is 0. The molecule has 0 unspecified atom stereocenters. The summed E-state index contributed by atoms with van der Waals surface area (Å²) in [5.74, 6) is -1.95. The maximum Gasteiger partial charge on any atom is 0.306 e. The molecule has 6 atom stereocenters. The SMILES string of the molecule is [2H]C([2H])([2H])C([2H])([2H])C([2H])([2H])C([2H])([2H])C([2H])([2H])C(=O)O[C@]1(C(C)=O)CC[C@H]2[C@@H]3CCC4=CC(=O)CC[C@]4(C)[C@H]3CC[C@@]21C. The standard InChI is InChI=1S/C27H40O4/c1-5-6-7-8-24(30)31-27(18(2)28)16-13-23-21-10-9-19-17-20(29)11-14-25(19,3)22(21)12-15-26(23,27)4/h17,21-23H,5-16H2,1-4H3/t21-,22+,23+,25+,26+,27+/m1/s1/i1D3,5D2,6D2,7D2,8D2. The molecule has 31 heavy (non-hydrogen) atoms. The van der Waals surface area contributed by atoms with Gasteiger partial charge >= 0.3 is 5.97 Å². The minimum atomic E-state index is -4.00. The molecule has 4 nitrogen and oxygen atoms in total. The molecule has 0 spiro atoms. The van der Waals surface area contributed by atoms with E-state index < -0.39 is 55.1 Å². The van der Waals surface area contributed by atoms with E-state index in [-0.39, 0.29) is 35.4 Å². The molecule has 0 aromatic heterocycles. The highest BCUT2D eigenvalue weighted by Crippen LogP contribution is 2.68. The van der Waals surface area contributed by atoms with Gasteiger partial charge in [-0.15, -0.1) is 0 Å². The third-order valence-corrected chi connectivity index (χ3v) is 9.21. The first-order valence-electron chi connectivity index (χ1n) is 16.8. The Hall–Kier alpha value is -1.45. The second-order valence-corrected chi connectivity index (χ2v) is 10.2. The van der Waals surface area contributed by atoms with Gasteiger partial charge in [-0.25, -0.2) is 0 Å². The van der Waals surface area contributed by atoms with Gasteiger partial charge in [-0.2, -0.15) is 0 Å². The Bertz CT molecular complexity index is 1210. The number of ether oxygens (including phenoxy) is 1. The predicted molar refractivity (Wildman–Crippen MR) is 120 cm³/mol. The summed E-state index contributed by atoms with van der Waals surface area (Å²) in [5.41, 5.74) is -1.74. The molecular weight excluding hydrogens is 388 g/mol. The van der Waals surface area contributed by atoms with Gasteiger partial charge in [0.2, 0.25) is 0 Å². The van der Waals surface area contributed by atoms with Crippen LogP contribution in [-0.4, -0.2) is 23.1 Å². The number of rotatable bonds is 6. The maximum absolute atomic E-state index is 13.5. The van der Waals surface area contributed by atoms with E-state index in [0.29, 0.717) is 25.7 Å². The number of fused-ring (bicyclic) bond motifs is 5. The van der Waals surface area contributed by atoms with E-state index in [1.54, 1.807) is 6.08 Å². The zero-order chi connectivity index (χ0) is 32.1. The molecular formula is C27H40O4. The van der Waals surface area contributed by atoms with Crippen molar-refractivity contribution < 1.29 is 34.2 Å². The third kappa shape index (κ3) is 3.43. The molecule has 4 aliphatic rings. The van der Waals surface area contributed by atoms with Crippen LogP contribution in [0.5, 0.6) is 0 Å². The topological polar surface area (TPSA) is 60.4 Å². The van der Waals surface area contributed by atoms with Crippen LogP contribution in [-0.2, 0) is 19.1 Å². The van der Waals surface area contributed by atoms with Gasteiger partial charge in [0.15, 0.2) is 17.2 Å². The Kier molecular flexibility index (Phi) is 3.34. The van der Waals surface area contributed by atoms with Gasteiger partial charge in [0.25, 0.3) is 0 Å². The summed E-state index contributed by atoms with van der Waals surface area (Å²) in [6.07, 6.45) is -9.47. The average Bonchev–Trinajstić information content (AvgIpc) is 3.16. The van der Waals surface area contributed by atoms with Crippen LogP contribution in [0.4, 0.5) is 0 Å². The lowest BCUT2D eigenvalue weighted by atomic mass is 9.46. The highest BCUT2D eigenvalue weighted by molar-refractivity contribution is 5.91. The molecule has 0 aromatic carbocycles. The lowest BCUT2D eigenvalue weighted by Gasteiger charge is -2.59. The molecule has 0 saturated heterocycles. The van der Waals surface area contributed by atoms with Crippen molar-refractivity contribution >= 4 is 17.5 Å². The van der Waals surface area contributed by atoms with Crippen LogP contribution >= 0.6 is 0 Å². The van der Waals surface area contributed by atoms with Crippen molar-refractivity contribution in [2.45, 2.75) is 110 Å². The van der Waals surface area contributed by atoms with Crippen LogP contribution in [0.1, 0.15) is 120 Å². The van der Waals surface area contributed by atoms with Crippen molar-refractivity contribution in [3.8, 4) is 0 Å². The van der Waals surface area contributed by atoms with Gasteiger partial charge < -0.3 is 4.74 Å². The molecule has 0 bridgehead atoms. The Balaban J connectivity index is 1.67. The van der Waals surface area contributed by atoms with Crippen molar-refractivity contribution in [1.29, 1.82) is 0 Å². The van der Waals surface area contributed by atoms with Crippen molar-refractivity contribution in [2.75, 3.05) is 0 Å². The van der Waals surface area contributed by atoms with Crippen LogP contribution in [0.15, 0.2) is 11.6 Å². The molecule has 0 aromatic rings. The number of carbonyl (C=O) groups is 3. The Labute approximate surface area is 203 Å². The van der Waals surface area contributed by atoms with E-state index in [0.717, 1.165) is 24.8 Å². The molecule has 0 radical (unpaired) electrons. The molecule has 0 aliphatic heterocycles. The molecule has 0 N–H and O–H groups in total. The van der Waals surface area contributed by atoms with Crippen LogP contribution < -0.4 is 0 Å². The van der Waals surface area contributed by atoms with Crippen molar-refractivity contribution in [3.05, 3.63) is 11.6 Å². The number of esters is 1. The van der Waals surface area contributed by atoms with Gasteiger partial charge in [0.05, 0.1) is 0 Å². The summed E-state index contributed by atoms with van der Waals surface area (Å²) >= 11 is 0. The van der Waals surface area contributed by atoms with Gasteiger partial charge in [-0.1, -0.05) is 39.0 Å². The summed E-state index contributed by atoms with van der Waals surface area (Å²) in [5, 5.41) is 0. The predicted octanol–water partition coefficient (Wildman–Crippen LogP) is 5.97. The van der Waals surface area contributed by atoms with E-state index in [1.165, 1.54) is 6.92 Å². The smallest absolute Gasteiger partial charge is 0.306 e. The van der Waals surface area contributed by atoms with E-state index in [9.17, 15) is 14.4 Å². The molecule has 0 heterocycles. The minimum Gasteiger partial charge on any atom is -0.450 e. The van der Waals surface area contributed by atoms with Crippen molar-refractivity contribution in [1.82, 2.24) is 0 Å². The first kappa shape index (κ1) is 12.7. The molecule has 4 rings (SSSR count). The zero-order valence-electron chi connectivity index (χ0n) is 29.6. The average molecular weight is 440 g/mol. The quantitative estimate of drug-likeness (QED) is 0.478. The second-order valence-electron chi connectivity index (χ2n) is 10.2. The first-order valence-corrected chi connectivity index (χ1v) is 11.3. The van der Waals surface area contributed by atoms with Crippen LogP contribution in [0, 0.1) is 28.6 Å². The van der Waals surface area contributed by atoms with Crippen molar-refractivity contribution in [2.24, 2.45) is 28.6 Å². The summed E-state index contributed by atoms with van der Waals surface area (Å²) in [4.78, 5) is 39.0. The summed E-state index contributed by atoms with van der Waals surface area (Å²) < 4.78 is 92.7. The normalized spacial score (nSPS) is 49.1. The lowest BCUT2D eigenvalue weighted by Crippen LogP contribution is -2.58. The largest absolute Gasteiger partial charge is 0.450 e. The van der Waals surface area contributed by atoms with E-state index in [2.05, 4.69) is 6.92 Å². The molecule has 3 saturated carbocycles. The molecule has 172 valence electrons. The van der Waals surface area contributed by atoms with E-state index in [1.807, 2.05) is 6.92 Å². The van der Waals surface area contributed by atoms with E-state index >= 15 is 0 Å². The van der Waals surface area contributed by atoms with Gasteiger partial charge in [0, 0.05) is 33.3 Å². The lowest BCUT2D eigenvalue weighted by molar-refractivity contribution is -0.189. The molecule has 4 aliphatic carbocycles. The monoisotopic (exact) mass is 439 g/mol. The zero-order valence-corrected chi connectivity index (χ0v) is 18.6. The van der Waals surface area contributed by atoms with Crippen LogP contribution in [0.2, 0.25) is 0 Å². The van der Waals surface area contributed by atoms with Crippen LogP contribution in [0.25, 0.3) is 0 Å². The molecule has 3 fully saturated rings. The number of Topliss-reactive ketones (excluding diaryl/α,β-unsaturated/α-hetero) is 1. The van der Waals surface area contributed by atoms with Gasteiger partial charge in [-0.05, 0) is 87.5 Å². The fourth-order valence-corrected chi connectivity index (χ4v) is 7.67. The summed E-state index contributed by atoms with van der Waals surface area (Å²) in [6.45, 7) is 1.59. The Morgan fingerprint density at radius 3 is 2.65 bits per heavy atom. The molecule has 0 amide bonds. The number of ketones is 2. The Morgan fingerprint density at radius 2 is 1.90 bits per heavy atom. The van der Waals surface area contributed by atoms with Gasteiger partial charge in [0.1, 0.15) is 0 Å². The minimum absolute atomic E-state index is 0.0679. The van der Waals surface area contributed by atoms with Crippen LogP contribution in [0.3, 0.4) is 0 Å². The maximum atomic E-state index is 13.5. The van der Waals surface area contributed by atoms with Crippen molar-refractivity contribution in [3.63, 3.8) is 0 Å². The summed E-state index contributed by atoms with van der Waals surface area (Å²) in [6, 6.07) is 0. The summed E-state index contributed by atoms with van der Waals surface area (Å²) in [7, 11) is 0. The van der Waals surface area contributed by atoms with Gasteiger partial charge in [-0.3, -0.25) is 14.4 Å².